The molecule has 2 heterocycles. The van der Waals surface area contributed by atoms with Gasteiger partial charge in [0.15, 0.2) is 0 Å². The first-order chi connectivity index (χ1) is 6.38. The van der Waals surface area contributed by atoms with Crippen LogP contribution < -0.4 is 5.32 Å². The van der Waals surface area contributed by atoms with E-state index in [1.165, 1.54) is 25.1 Å². The molecule has 0 spiro atoms. The fourth-order valence-electron chi connectivity index (χ4n) is 1.76. The number of piperidine rings is 1. The average Bonchev–Trinajstić information content (AvgIpc) is 2.20. The number of hydrogen-bond donors (Lipinski definition) is 1. The summed E-state index contributed by atoms with van der Waals surface area (Å²) in [6.07, 6.45) is 6.49. The minimum absolute atomic E-state index is 0.144. The predicted octanol–water partition coefficient (Wildman–Crippen LogP) is 2.04. The number of pyridine rings is 1. The van der Waals surface area contributed by atoms with Crippen LogP contribution in [-0.2, 0) is 0 Å². The van der Waals surface area contributed by atoms with Crippen molar-refractivity contribution in [3.8, 4) is 0 Å². The number of halogens is 1. The van der Waals surface area contributed by atoms with Crippen molar-refractivity contribution >= 4 is 0 Å². The second-order valence-electron chi connectivity index (χ2n) is 3.40. The quantitative estimate of drug-likeness (QED) is 0.715. The molecule has 0 bridgehead atoms. The standard InChI is InChI=1S/C10H13FN2/c11-9-4-6-12-7-8(9)10-3-1-2-5-13-10/h4,6-7,10,13H,1-3,5H2/t10-/m1/s1. The van der Waals surface area contributed by atoms with Crippen LogP contribution in [0.1, 0.15) is 30.9 Å². The van der Waals surface area contributed by atoms with Gasteiger partial charge in [0, 0.05) is 24.0 Å². The summed E-state index contributed by atoms with van der Waals surface area (Å²) in [7, 11) is 0. The van der Waals surface area contributed by atoms with Crippen molar-refractivity contribution in [3.63, 3.8) is 0 Å². The lowest BCUT2D eigenvalue weighted by atomic mass is 9.99. The molecule has 1 aromatic heterocycles. The Morgan fingerprint density at radius 3 is 3.08 bits per heavy atom. The summed E-state index contributed by atoms with van der Waals surface area (Å²) in [5, 5.41) is 3.30. The van der Waals surface area contributed by atoms with Gasteiger partial charge in [0.05, 0.1) is 0 Å². The second kappa shape index (κ2) is 3.83. The van der Waals surface area contributed by atoms with Gasteiger partial charge in [-0.25, -0.2) is 4.39 Å². The molecule has 1 aliphatic rings. The van der Waals surface area contributed by atoms with Gasteiger partial charge >= 0.3 is 0 Å². The number of rotatable bonds is 1. The van der Waals surface area contributed by atoms with E-state index < -0.39 is 0 Å². The van der Waals surface area contributed by atoms with Gasteiger partial charge in [-0.1, -0.05) is 6.42 Å². The first-order valence-corrected chi connectivity index (χ1v) is 4.71. The zero-order valence-corrected chi connectivity index (χ0v) is 7.46. The molecule has 1 atom stereocenters. The van der Waals surface area contributed by atoms with E-state index in [9.17, 15) is 4.39 Å². The van der Waals surface area contributed by atoms with Crippen LogP contribution >= 0.6 is 0 Å². The van der Waals surface area contributed by atoms with Crippen molar-refractivity contribution in [2.45, 2.75) is 25.3 Å². The topological polar surface area (TPSA) is 24.9 Å². The summed E-state index contributed by atoms with van der Waals surface area (Å²) in [4.78, 5) is 3.94. The lowest BCUT2D eigenvalue weighted by Gasteiger charge is -2.23. The molecule has 1 saturated heterocycles. The van der Waals surface area contributed by atoms with Gasteiger partial charge in [0.1, 0.15) is 5.82 Å². The Balaban J connectivity index is 2.18. The maximum atomic E-state index is 13.3. The Kier molecular flexibility index (Phi) is 2.54. The molecule has 3 heteroatoms. The summed E-state index contributed by atoms with van der Waals surface area (Å²) in [6.45, 7) is 0.985. The number of hydrogen-bond acceptors (Lipinski definition) is 2. The van der Waals surface area contributed by atoms with Gasteiger partial charge in [0.25, 0.3) is 0 Å². The van der Waals surface area contributed by atoms with Gasteiger partial charge in [-0.05, 0) is 25.5 Å². The average molecular weight is 180 g/mol. The van der Waals surface area contributed by atoms with Crippen LogP contribution in [0.2, 0.25) is 0 Å². The first kappa shape index (κ1) is 8.63. The normalized spacial score (nSPS) is 23.0. The summed E-state index contributed by atoms with van der Waals surface area (Å²) in [5.41, 5.74) is 0.710. The Bertz CT molecular complexity index is 282. The third-order valence-corrected chi connectivity index (χ3v) is 2.48. The van der Waals surface area contributed by atoms with Crippen molar-refractivity contribution in [2.24, 2.45) is 0 Å². The van der Waals surface area contributed by atoms with E-state index in [0.29, 0.717) is 5.56 Å². The van der Waals surface area contributed by atoms with Crippen molar-refractivity contribution < 1.29 is 4.39 Å². The minimum Gasteiger partial charge on any atom is -0.310 e. The van der Waals surface area contributed by atoms with Crippen molar-refractivity contribution in [1.82, 2.24) is 10.3 Å². The molecule has 0 amide bonds. The van der Waals surface area contributed by atoms with E-state index in [2.05, 4.69) is 10.3 Å². The van der Waals surface area contributed by atoms with E-state index in [0.717, 1.165) is 13.0 Å². The molecule has 1 fully saturated rings. The molecule has 2 nitrogen and oxygen atoms in total. The van der Waals surface area contributed by atoms with E-state index in [1.807, 2.05) is 0 Å². The number of nitrogens with one attached hydrogen (secondary N) is 1. The summed E-state index contributed by atoms with van der Waals surface area (Å²) in [6, 6.07) is 1.59. The van der Waals surface area contributed by atoms with Crippen LogP contribution in [0, 0.1) is 5.82 Å². The van der Waals surface area contributed by atoms with Gasteiger partial charge in [-0.3, -0.25) is 4.98 Å². The summed E-state index contributed by atoms with van der Waals surface area (Å²) in [5.74, 6) is -0.144. The van der Waals surface area contributed by atoms with Crippen LogP contribution in [0.4, 0.5) is 4.39 Å². The SMILES string of the molecule is Fc1ccncc1[C@H]1CCCCN1. The molecule has 1 N–H and O–H groups in total. The smallest absolute Gasteiger partial charge is 0.131 e. The van der Waals surface area contributed by atoms with Crippen molar-refractivity contribution in [2.75, 3.05) is 6.54 Å². The zero-order chi connectivity index (χ0) is 9.10. The van der Waals surface area contributed by atoms with Crippen LogP contribution in [0.5, 0.6) is 0 Å². The van der Waals surface area contributed by atoms with Gasteiger partial charge in [-0.15, -0.1) is 0 Å². The number of aromatic nitrogens is 1. The van der Waals surface area contributed by atoms with E-state index in [4.69, 9.17) is 0 Å². The monoisotopic (exact) mass is 180 g/mol. The Morgan fingerprint density at radius 1 is 1.46 bits per heavy atom. The molecule has 0 aromatic carbocycles. The molecule has 0 radical (unpaired) electrons. The summed E-state index contributed by atoms with van der Waals surface area (Å²) < 4.78 is 13.3. The Morgan fingerprint density at radius 2 is 2.38 bits per heavy atom. The molecule has 0 saturated carbocycles. The van der Waals surface area contributed by atoms with Crippen molar-refractivity contribution in [3.05, 3.63) is 29.8 Å². The maximum Gasteiger partial charge on any atom is 0.131 e. The largest absolute Gasteiger partial charge is 0.310 e. The van der Waals surface area contributed by atoms with Crippen LogP contribution in [0.25, 0.3) is 0 Å². The second-order valence-corrected chi connectivity index (χ2v) is 3.40. The van der Waals surface area contributed by atoms with E-state index in [1.54, 1.807) is 6.20 Å². The fraction of sp³-hybridized carbons (Fsp3) is 0.500. The third kappa shape index (κ3) is 1.86. The molecule has 0 aliphatic carbocycles. The molecule has 70 valence electrons. The molecular formula is C10H13FN2. The highest BCUT2D eigenvalue weighted by Crippen LogP contribution is 2.23. The highest BCUT2D eigenvalue weighted by Gasteiger charge is 2.17. The molecule has 1 aromatic rings. The maximum absolute atomic E-state index is 13.3. The molecule has 2 rings (SSSR count). The van der Waals surface area contributed by atoms with E-state index >= 15 is 0 Å². The Hall–Kier alpha value is -0.960. The highest BCUT2D eigenvalue weighted by molar-refractivity contribution is 5.16. The number of nitrogens with zero attached hydrogens (tertiary/aromatic N) is 1. The van der Waals surface area contributed by atoms with Crippen molar-refractivity contribution in [1.29, 1.82) is 0 Å². The van der Waals surface area contributed by atoms with Gasteiger partial charge in [-0.2, -0.15) is 0 Å². The third-order valence-electron chi connectivity index (χ3n) is 2.48. The van der Waals surface area contributed by atoms with Crippen LogP contribution in [0.15, 0.2) is 18.5 Å². The van der Waals surface area contributed by atoms with Crippen LogP contribution in [-0.4, -0.2) is 11.5 Å². The lowest BCUT2D eigenvalue weighted by molar-refractivity contribution is 0.399. The molecule has 1 aliphatic heterocycles. The fourth-order valence-corrected chi connectivity index (χ4v) is 1.76. The van der Waals surface area contributed by atoms with Crippen LogP contribution in [0.3, 0.4) is 0 Å². The minimum atomic E-state index is -0.144. The highest BCUT2D eigenvalue weighted by atomic mass is 19.1. The molecular weight excluding hydrogens is 167 g/mol. The zero-order valence-electron chi connectivity index (χ0n) is 7.46. The first-order valence-electron chi connectivity index (χ1n) is 4.71. The van der Waals surface area contributed by atoms with Gasteiger partial charge < -0.3 is 5.32 Å². The van der Waals surface area contributed by atoms with E-state index in [-0.39, 0.29) is 11.9 Å². The predicted molar refractivity (Wildman–Crippen MR) is 48.8 cm³/mol. The summed E-state index contributed by atoms with van der Waals surface area (Å²) >= 11 is 0. The Labute approximate surface area is 77.2 Å². The molecule has 0 unspecified atom stereocenters. The van der Waals surface area contributed by atoms with Gasteiger partial charge in [0.2, 0.25) is 0 Å². The lowest BCUT2D eigenvalue weighted by Crippen LogP contribution is -2.27. The molecule has 13 heavy (non-hydrogen) atoms.